The van der Waals surface area contributed by atoms with Crippen molar-refractivity contribution in [2.24, 2.45) is 5.73 Å². The molecule has 5 N–H and O–H groups in total. The van der Waals surface area contributed by atoms with E-state index >= 15 is 0 Å². The van der Waals surface area contributed by atoms with E-state index < -0.39 is 12.8 Å². The number of rotatable bonds is 4. The zero-order chi connectivity index (χ0) is 16.6. The Balaban J connectivity index is 1.95. The maximum atomic E-state index is 11.3. The van der Waals surface area contributed by atoms with Gasteiger partial charge in [0.2, 0.25) is 0 Å². The zero-order valence-electron chi connectivity index (χ0n) is 12.7. The Bertz CT molecular complexity index is 872. The highest BCUT2D eigenvalue weighted by atomic mass is 16.2. The first-order chi connectivity index (χ1) is 11.0. The Labute approximate surface area is 133 Å². The van der Waals surface area contributed by atoms with Crippen LogP contribution in [0.4, 0.5) is 5.69 Å². The Morgan fingerprint density at radius 1 is 1.26 bits per heavy atom. The van der Waals surface area contributed by atoms with E-state index in [1.54, 1.807) is 25.3 Å². The lowest BCUT2D eigenvalue weighted by Gasteiger charge is -2.08. The molecule has 0 unspecified atom stereocenters. The zero-order valence-corrected chi connectivity index (χ0v) is 12.7. The first kappa shape index (κ1) is 15.1. The highest BCUT2D eigenvalue weighted by molar-refractivity contribution is 6.64. The number of hydrogen-bond donors (Lipinski definition) is 3. The van der Waals surface area contributed by atoms with Crippen LogP contribution in [0.3, 0.4) is 0 Å². The monoisotopic (exact) mass is 308 g/mol. The van der Waals surface area contributed by atoms with Crippen LogP contribution in [0.1, 0.15) is 15.9 Å². The molecule has 1 aromatic heterocycles. The van der Waals surface area contributed by atoms with Gasteiger partial charge in [-0.15, -0.1) is 0 Å². The first-order valence-corrected chi connectivity index (χ1v) is 7.27. The Hall–Kier alpha value is -2.80. The lowest BCUT2D eigenvalue weighted by molar-refractivity contribution is 0.100. The molecule has 0 bridgehead atoms. The molecular formula is C16H17BN4O2. The van der Waals surface area contributed by atoms with Crippen molar-refractivity contribution in [2.75, 3.05) is 5.73 Å². The van der Waals surface area contributed by atoms with Gasteiger partial charge >= 0.3 is 6.92 Å². The molecule has 7 heteroatoms. The second-order valence-electron chi connectivity index (χ2n) is 5.55. The van der Waals surface area contributed by atoms with Gasteiger partial charge in [0.05, 0.1) is 23.1 Å². The number of primary amides is 1. The molecule has 0 saturated heterocycles. The summed E-state index contributed by atoms with van der Waals surface area (Å²) in [6, 6.07) is 11.2. The van der Waals surface area contributed by atoms with Crippen molar-refractivity contribution in [3.8, 4) is 0 Å². The van der Waals surface area contributed by atoms with Crippen LogP contribution in [-0.2, 0) is 6.54 Å². The minimum Gasteiger partial charge on any atom is -0.447 e. The van der Waals surface area contributed by atoms with Gasteiger partial charge in [0.1, 0.15) is 5.52 Å². The molecule has 0 fully saturated rings. The molecule has 0 atom stereocenters. The van der Waals surface area contributed by atoms with Gasteiger partial charge in [0.15, 0.2) is 0 Å². The van der Waals surface area contributed by atoms with E-state index in [0.717, 1.165) is 16.5 Å². The number of aromatic nitrogens is 2. The first-order valence-electron chi connectivity index (χ1n) is 7.27. The molecule has 0 aliphatic rings. The predicted molar refractivity (Wildman–Crippen MR) is 91.7 cm³/mol. The average molecular weight is 308 g/mol. The van der Waals surface area contributed by atoms with Crippen molar-refractivity contribution < 1.29 is 9.82 Å². The quantitative estimate of drug-likeness (QED) is 0.484. The van der Waals surface area contributed by atoms with Crippen LogP contribution in [0.15, 0.2) is 42.7 Å². The molecule has 0 aliphatic heterocycles. The van der Waals surface area contributed by atoms with Crippen molar-refractivity contribution in [3.05, 3.63) is 53.9 Å². The fourth-order valence-corrected chi connectivity index (χ4v) is 2.59. The largest absolute Gasteiger partial charge is 0.447 e. The van der Waals surface area contributed by atoms with Crippen molar-refractivity contribution in [2.45, 2.75) is 13.4 Å². The van der Waals surface area contributed by atoms with Gasteiger partial charge in [-0.1, -0.05) is 31.1 Å². The highest BCUT2D eigenvalue weighted by Crippen LogP contribution is 2.24. The summed E-state index contributed by atoms with van der Waals surface area (Å²) in [4.78, 5) is 15.6. The number of amides is 1. The topological polar surface area (TPSA) is 107 Å². The number of anilines is 1. The molecule has 0 saturated carbocycles. The number of nitrogen functional groups attached to an aromatic ring is 1. The van der Waals surface area contributed by atoms with Crippen molar-refractivity contribution >= 4 is 35.0 Å². The second kappa shape index (κ2) is 5.77. The van der Waals surface area contributed by atoms with Crippen LogP contribution in [-0.4, -0.2) is 27.4 Å². The molecule has 1 heterocycles. The van der Waals surface area contributed by atoms with Gasteiger partial charge in [-0.3, -0.25) is 4.79 Å². The molecular weight excluding hydrogens is 291 g/mol. The summed E-state index contributed by atoms with van der Waals surface area (Å²) in [5.74, 6) is -0.562. The third-order valence-corrected chi connectivity index (χ3v) is 3.91. The molecule has 116 valence electrons. The SMILES string of the molecule is CB(O)c1ccc(Cn2cnc3c(N)c(C(N)=O)ccc32)cc1. The fourth-order valence-electron chi connectivity index (χ4n) is 2.59. The number of carbonyl (C=O) groups excluding carboxylic acids is 1. The van der Waals surface area contributed by atoms with Crippen molar-refractivity contribution in [1.29, 1.82) is 0 Å². The number of nitrogens with two attached hydrogens (primary N) is 2. The van der Waals surface area contributed by atoms with Crippen molar-refractivity contribution in [3.63, 3.8) is 0 Å². The Morgan fingerprint density at radius 2 is 1.96 bits per heavy atom. The normalized spacial score (nSPS) is 10.9. The van der Waals surface area contributed by atoms with Gasteiger partial charge < -0.3 is 21.1 Å². The molecule has 0 radical (unpaired) electrons. The number of nitrogens with zero attached hydrogens (tertiary/aromatic N) is 2. The van der Waals surface area contributed by atoms with Gasteiger partial charge in [-0.2, -0.15) is 0 Å². The van der Waals surface area contributed by atoms with E-state index in [1.165, 1.54) is 0 Å². The summed E-state index contributed by atoms with van der Waals surface area (Å²) < 4.78 is 1.95. The van der Waals surface area contributed by atoms with Gasteiger partial charge in [0.25, 0.3) is 5.91 Å². The van der Waals surface area contributed by atoms with Crippen LogP contribution in [0.5, 0.6) is 0 Å². The number of imidazole rings is 1. The maximum Gasteiger partial charge on any atom is 0.320 e. The molecule has 23 heavy (non-hydrogen) atoms. The number of carbonyl (C=O) groups is 1. The van der Waals surface area contributed by atoms with Crippen LogP contribution >= 0.6 is 0 Å². The second-order valence-corrected chi connectivity index (χ2v) is 5.55. The molecule has 6 nitrogen and oxygen atoms in total. The van der Waals surface area contributed by atoms with Crippen molar-refractivity contribution in [1.82, 2.24) is 9.55 Å². The van der Waals surface area contributed by atoms with E-state index in [2.05, 4.69) is 4.98 Å². The van der Waals surface area contributed by atoms with Gasteiger partial charge in [-0.05, 0) is 23.2 Å². The third-order valence-electron chi connectivity index (χ3n) is 3.91. The summed E-state index contributed by atoms with van der Waals surface area (Å²) in [6.07, 6.45) is 1.69. The lowest BCUT2D eigenvalue weighted by Crippen LogP contribution is -2.25. The number of fused-ring (bicyclic) bond motifs is 1. The standard InChI is InChI=1S/C16H17BN4O2/c1-17(23)11-4-2-10(3-5-11)8-21-9-20-15-13(21)7-6-12(14(15)18)16(19)22/h2-7,9,23H,8,18H2,1H3,(H2,19,22). The summed E-state index contributed by atoms with van der Waals surface area (Å²) in [7, 11) is 0. The van der Waals surface area contributed by atoms with Crippen LogP contribution in [0.2, 0.25) is 6.82 Å². The van der Waals surface area contributed by atoms with Crippen LogP contribution in [0, 0.1) is 0 Å². The van der Waals surface area contributed by atoms with E-state index in [-0.39, 0.29) is 5.56 Å². The number of hydrogen-bond acceptors (Lipinski definition) is 4. The summed E-state index contributed by atoms with van der Waals surface area (Å²) in [5.41, 5.74) is 15.2. The summed E-state index contributed by atoms with van der Waals surface area (Å²) in [6.45, 7) is 1.87. The Kier molecular flexibility index (Phi) is 3.79. The molecule has 1 amide bonds. The molecule has 2 aromatic carbocycles. The lowest BCUT2D eigenvalue weighted by atomic mass is 9.64. The van der Waals surface area contributed by atoms with Crippen LogP contribution in [0.25, 0.3) is 11.0 Å². The van der Waals surface area contributed by atoms with Gasteiger partial charge in [-0.25, -0.2) is 4.98 Å². The fraction of sp³-hybridized carbons (Fsp3) is 0.125. The van der Waals surface area contributed by atoms with Crippen LogP contribution < -0.4 is 16.9 Å². The minimum atomic E-state index is -0.562. The number of benzene rings is 2. The smallest absolute Gasteiger partial charge is 0.320 e. The summed E-state index contributed by atoms with van der Waals surface area (Å²) >= 11 is 0. The third kappa shape index (κ3) is 2.78. The molecule has 0 aliphatic carbocycles. The van der Waals surface area contributed by atoms with E-state index in [0.29, 0.717) is 17.7 Å². The van der Waals surface area contributed by atoms with Gasteiger partial charge in [0, 0.05) is 6.54 Å². The molecule has 3 rings (SSSR count). The maximum absolute atomic E-state index is 11.3. The predicted octanol–water partition coefficient (Wildman–Crippen LogP) is 0.586. The minimum absolute atomic E-state index is 0.282. The highest BCUT2D eigenvalue weighted by Gasteiger charge is 2.13. The average Bonchev–Trinajstić information content (AvgIpc) is 2.92. The molecule has 0 spiro atoms. The van der Waals surface area contributed by atoms with E-state index in [4.69, 9.17) is 11.5 Å². The Morgan fingerprint density at radius 3 is 2.57 bits per heavy atom. The summed E-state index contributed by atoms with van der Waals surface area (Å²) in [5, 5.41) is 9.55. The van der Waals surface area contributed by atoms with E-state index in [1.807, 2.05) is 28.8 Å². The van der Waals surface area contributed by atoms with E-state index in [9.17, 15) is 9.82 Å². The molecule has 3 aromatic rings.